The third-order valence-electron chi connectivity index (χ3n) is 1.92. The van der Waals surface area contributed by atoms with Crippen molar-refractivity contribution in [1.82, 2.24) is 5.32 Å². The number of hydrogen-bond donors (Lipinski definition) is 1. The highest BCUT2D eigenvalue weighted by Gasteiger charge is 2.07. The topological polar surface area (TPSA) is 25.2 Å². The SMILES string of the molecule is CCNC(CSC)Cc1ccoc1. The summed E-state index contributed by atoms with van der Waals surface area (Å²) in [6.07, 6.45) is 6.76. The minimum absolute atomic E-state index is 0.567. The summed E-state index contributed by atoms with van der Waals surface area (Å²) in [4.78, 5) is 0. The quantitative estimate of drug-likeness (QED) is 0.760. The van der Waals surface area contributed by atoms with Gasteiger partial charge in [-0.1, -0.05) is 6.92 Å². The Morgan fingerprint density at radius 1 is 1.62 bits per heavy atom. The summed E-state index contributed by atoms with van der Waals surface area (Å²) in [6, 6.07) is 2.60. The zero-order valence-electron chi connectivity index (χ0n) is 8.25. The van der Waals surface area contributed by atoms with Gasteiger partial charge in [-0.2, -0.15) is 11.8 Å². The van der Waals surface area contributed by atoms with Crippen LogP contribution in [0.15, 0.2) is 23.0 Å². The van der Waals surface area contributed by atoms with Crippen molar-refractivity contribution in [3.05, 3.63) is 24.2 Å². The van der Waals surface area contributed by atoms with Gasteiger partial charge in [0.15, 0.2) is 0 Å². The van der Waals surface area contributed by atoms with E-state index in [2.05, 4.69) is 18.5 Å². The highest BCUT2D eigenvalue weighted by molar-refractivity contribution is 7.98. The van der Waals surface area contributed by atoms with Crippen molar-refractivity contribution < 1.29 is 4.42 Å². The van der Waals surface area contributed by atoms with Gasteiger partial charge in [0.25, 0.3) is 0 Å². The molecular formula is C10H17NOS. The first-order valence-corrected chi connectivity index (χ1v) is 5.99. The number of hydrogen-bond acceptors (Lipinski definition) is 3. The molecule has 2 nitrogen and oxygen atoms in total. The number of likely N-dealkylation sites (N-methyl/N-ethyl adjacent to an activating group) is 1. The van der Waals surface area contributed by atoms with E-state index in [1.165, 1.54) is 5.56 Å². The highest BCUT2D eigenvalue weighted by atomic mass is 32.2. The standard InChI is InChI=1S/C10H17NOS/c1-3-11-10(8-13-2)6-9-4-5-12-7-9/h4-5,7,10-11H,3,6,8H2,1-2H3. The monoisotopic (exact) mass is 199 g/mol. The molecule has 0 aliphatic rings. The van der Waals surface area contributed by atoms with E-state index in [4.69, 9.17) is 4.42 Å². The summed E-state index contributed by atoms with van der Waals surface area (Å²) in [5.74, 6) is 1.15. The molecular weight excluding hydrogens is 182 g/mol. The lowest BCUT2D eigenvalue weighted by Crippen LogP contribution is -2.33. The Bertz CT molecular complexity index is 205. The Kier molecular flexibility index (Phi) is 5.01. The number of nitrogens with one attached hydrogen (secondary N) is 1. The fourth-order valence-electron chi connectivity index (χ4n) is 1.37. The predicted octanol–water partition coefficient (Wildman–Crippen LogP) is 2.16. The molecule has 1 heterocycles. The van der Waals surface area contributed by atoms with Crippen molar-refractivity contribution >= 4 is 11.8 Å². The van der Waals surface area contributed by atoms with E-state index >= 15 is 0 Å². The van der Waals surface area contributed by atoms with Crippen LogP contribution in [-0.4, -0.2) is 24.6 Å². The van der Waals surface area contributed by atoms with Crippen LogP contribution in [0.3, 0.4) is 0 Å². The molecule has 74 valence electrons. The molecule has 0 aromatic carbocycles. The zero-order valence-corrected chi connectivity index (χ0v) is 9.06. The van der Waals surface area contributed by atoms with Crippen LogP contribution in [0, 0.1) is 0 Å². The van der Waals surface area contributed by atoms with Crippen LogP contribution in [0.2, 0.25) is 0 Å². The van der Waals surface area contributed by atoms with Gasteiger partial charge < -0.3 is 9.73 Å². The lowest BCUT2D eigenvalue weighted by Gasteiger charge is -2.15. The van der Waals surface area contributed by atoms with E-state index < -0.39 is 0 Å². The molecule has 1 atom stereocenters. The van der Waals surface area contributed by atoms with Crippen molar-refractivity contribution in [2.45, 2.75) is 19.4 Å². The Labute approximate surface area is 84.1 Å². The molecule has 1 rings (SSSR count). The second kappa shape index (κ2) is 6.11. The summed E-state index contributed by atoms with van der Waals surface area (Å²) in [5, 5.41) is 3.46. The van der Waals surface area contributed by atoms with E-state index in [-0.39, 0.29) is 0 Å². The second-order valence-electron chi connectivity index (χ2n) is 3.05. The molecule has 0 fully saturated rings. The number of rotatable bonds is 6. The average molecular weight is 199 g/mol. The first-order valence-electron chi connectivity index (χ1n) is 4.60. The molecule has 0 radical (unpaired) electrons. The molecule has 0 saturated carbocycles. The molecule has 0 aliphatic carbocycles. The van der Waals surface area contributed by atoms with Gasteiger partial charge in [0.05, 0.1) is 12.5 Å². The maximum atomic E-state index is 5.04. The van der Waals surface area contributed by atoms with Gasteiger partial charge in [-0.05, 0) is 30.9 Å². The summed E-state index contributed by atoms with van der Waals surface area (Å²) in [5.41, 5.74) is 1.28. The van der Waals surface area contributed by atoms with Gasteiger partial charge in [-0.3, -0.25) is 0 Å². The second-order valence-corrected chi connectivity index (χ2v) is 3.96. The van der Waals surface area contributed by atoms with Crippen LogP contribution in [0.1, 0.15) is 12.5 Å². The van der Waals surface area contributed by atoms with E-state index in [0.717, 1.165) is 18.7 Å². The molecule has 0 aliphatic heterocycles. The minimum atomic E-state index is 0.567. The van der Waals surface area contributed by atoms with Crippen molar-refractivity contribution in [1.29, 1.82) is 0 Å². The lowest BCUT2D eigenvalue weighted by atomic mass is 10.1. The third-order valence-corrected chi connectivity index (χ3v) is 2.66. The molecule has 1 N–H and O–H groups in total. The van der Waals surface area contributed by atoms with E-state index in [1.54, 1.807) is 6.26 Å². The van der Waals surface area contributed by atoms with E-state index in [9.17, 15) is 0 Å². The normalized spacial score (nSPS) is 13.1. The summed E-state index contributed by atoms with van der Waals surface area (Å²) in [6.45, 7) is 3.17. The summed E-state index contributed by atoms with van der Waals surface area (Å²) >= 11 is 1.88. The fourth-order valence-corrected chi connectivity index (χ4v) is 2.01. The molecule has 3 heteroatoms. The maximum absolute atomic E-state index is 5.04. The summed E-state index contributed by atoms with van der Waals surface area (Å²) < 4.78 is 5.04. The lowest BCUT2D eigenvalue weighted by molar-refractivity contribution is 0.547. The minimum Gasteiger partial charge on any atom is -0.472 e. The first-order chi connectivity index (χ1) is 6.36. The van der Waals surface area contributed by atoms with Crippen molar-refractivity contribution in [2.75, 3.05) is 18.6 Å². The fraction of sp³-hybridized carbons (Fsp3) is 0.600. The van der Waals surface area contributed by atoms with Crippen molar-refractivity contribution in [2.24, 2.45) is 0 Å². The predicted molar refractivity (Wildman–Crippen MR) is 58.3 cm³/mol. The number of thioether (sulfide) groups is 1. The summed E-state index contributed by atoms with van der Waals surface area (Å²) in [7, 11) is 0. The van der Waals surface area contributed by atoms with Crippen molar-refractivity contribution in [3.8, 4) is 0 Å². The van der Waals surface area contributed by atoms with Gasteiger partial charge in [0.1, 0.15) is 0 Å². The van der Waals surface area contributed by atoms with Gasteiger partial charge >= 0.3 is 0 Å². The van der Waals surface area contributed by atoms with Crippen LogP contribution in [-0.2, 0) is 6.42 Å². The highest BCUT2D eigenvalue weighted by Crippen LogP contribution is 2.07. The zero-order chi connectivity index (χ0) is 9.52. The molecule has 0 amide bonds. The molecule has 13 heavy (non-hydrogen) atoms. The van der Waals surface area contributed by atoms with Crippen LogP contribution in [0.5, 0.6) is 0 Å². The number of furan rings is 1. The van der Waals surface area contributed by atoms with Gasteiger partial charge in [-0.25, -0.2) is 0 Å². The smallest absolute Gasteiger partial charge is 0.0935 e. The Morgan fingerprint density at radius 3 is 3.00 bits per heavy atom. The molecule has 0 bridgehead atoms. The Morgan fingerprint density at radius 2 is 2.46 bits per heavy atom. The van der Waals surface area contributed by atoms with Crippen LogP contribution in [0.4, 0.5) is 0 Å². The Balaban J connectivity index is 2.37. The van der Waals surface area contributed by atoms with Crippen molar-refractivity contribution in [3.63, 3.8) is 0 Å². The average Bonchev–Trinajstić information content (AvgIpc) is 2.58. The van der Waals surface area contributed by atoms with E-state index in [0.29, 0.717) is 6.04 Å². The molecule has 0 spiro atoms. The molecule has 1 aromatic heterocycles. The molecule has 1 unspecified atom stereocenters. The van der Waals surface area contributed by atoms with Gasteiger partial charge in [0, 0.05) is 11.8 Å². The van der Waals surface area contributed by atoms with Crippen LogP contribution < -0.4 is 5.32 Å². The van der Waals surface area contributed by atoms with Crippen LogP contribution >= 0.6 is 11.8 Å². The van der Waals surface area contributed by atoms with Crippen LogP contribution in [0.25, 0.3) is 0 Å². The Hall–Kier alpha value is -0.410. The van der Waals surface area contributed by atoms with Gasteiger partial charge in [0.2, 0.25) is 0 Å². The largest absolute Gasteiger partial charge is 0.472 e. The third kappa shape index (κ3) is 3.87. The van der Waals surface area contributed by atoms with E-state index in [1.807, 2.05) is 24.1 Å². The molecule has 0 saturated heterocycles. The van der Waals surface area contributed by atoms with Gasteiger partial charge in [-0.15, -0.1) is 0 Å². The molecule has 1 aromatic rings. The maximum Gasteiger partial charge on any atom is 0.0935 e. The first kappa shape index (κ1) is 10.7.